The summed E-state index contributed by atoms with van der Waals surface area (Å²) in [5.41, 5.74) is 2.26. The fourth-order valence-electron chi connectivity index (χ4n) is 3.09. The summed E-state index contributed by atoms with van der Waals surface area (Å²) < 4.78 is 40.8. The van der Waals surface area contributed by atoms with Gasteiger partial charge >= 0.3 is 0 Å². The van der Waals surface area contributed by atoms with Crippen molar-refractivity contribution in [2.75, 3.05) is 11.9 Å². The Hall–Kier alpha value is -2.74. The highest BCUT2D eigenvalue weighted by molar-refractivity contribution is 7.89. The molecule has 5 nitrogen and oxygen atoms in total. The zero-order valence-electron chi connectivity index (χ0n) is 17.8. The van der Waals surface area contributed by atoms with Crippen LogP contribution in [0.4, 0.5) is 10.1 Å². The first-order valence-electron chi connectivity index (χ1n) is 10.0. The van der Waals surface area contributed by atoms with Crippen molar-refractivity contribution in [2.24, 2.45) is 0 Å². The van der Waals surface area contributed by atoms with E-state index in [9.17, 15) is 17.6 Å². The highest BCUT2D eigenvalue weighted by Crippen LogP contribution is 2.22. The van der Waals surface area contributed by atoms with E-state index in [0.29, 0.717) is 22.2 Å². The number of sulfonamides is 1. The first-order valence-corrected chi connectivity index (χ1v) is 11.9. The van der Waals surface area contributed by atoms with Crippen molar-refractivity contribution in [3.8, 4) is 0 Å². The normalized spacial score (nSPS) is 11.7. The maximum Gasteiger partial charge on any atom is 0.243 e. The van der Waals surface area contributed by atoms with Crippen LogP contribution in [0.2, 0.25) is 5.02 Å². The smallest absolute Gasteiger partial charge is 0.243 e. The van der Waals surface area contributed by atoms with Crippen LogP contribution in [-0.4, -0.2) is 25.2 Å². The zero-order chi connectivity index (χ0) is 23.3. The number of carbonyl (C=O) groups excluding carboxylic acids is 1. The highest BCUT2D eigenvalue weighted by Gasteiger charge is 2.27. The molecular formula is C24H24ClFN2O3S. The second-order valence-corrected chi connectivity index (χ2v) is 10.1. The zero-order valence-corrected chi connectivity index (χ0v) is 19.3. The molecule has 3 rings (SSSR count). The molecule has 0 saturated carbocycles. The third-order valence-corrected chi connectivity index (χ3v) is 6.96. The predicted octanol–water partition coefficient (Wildman–Crippen LogP) is 5.43. The van der Waals surface area contributed by atoms with Crippen molar-refractivity contribution in [1.82, 2.24) is 4.31 Å². The second kappa shape index (κ2) is 10.3. The Morgan fingerprint density at radius 1 is 0.969 bits per heavy atom. The molecule has 0 saturated heterocycles. The summed E-state index contributed by atoms with van der Waals surface area (Å²) in [5, 5.41) is 3.14. The van der Waals surface area contributed by atoms with Gasteiger partial charge in [0.2, 0.25) is 15.9 Å². The second-order valence-electron chi connectivity index (χ2n) is 7.68. The number of amides is 1. The Bertz CT molecular complexity index is 1160. The number of carbonyl (C=O) groups is 1. The first kappa shape index (κ1) is 23.9. The lowest BCUT2D eigenvalue weighted by Gasteiger charge is -2.22. The average Bonchev–Trinajstić information content (AvgIpc) is 2.75. The number of nitrogens with zero attached hydrogens (tertiary/aromatic N) is 1. The van der Waals surface area contributed by atoms with Gasteiger partial charge < -0.3 is 5.32 Å². The van der Waals surface area contributed by atoms with Gasteiger partial charge in [-0.3, -0.25) is 4.79 Å². The third kappa shape index (κ3) is 6.16. The molecule has 3 aromatic carbocycles. The van der Waals surface area contributed by atoms with Gasteiger partial charge in [0.1, 0.15) is 5.82 Å². The van der Waals surface area contributed by atoms with E-state index in [-0.39, 0.29) is 11.4 Å². The fourth-order valence-corrected chi connectivity index (χ4v) is 4.60. The Morgan fingerprint density at radius 3 is 2.12 bits per heavy atom. The summed E-state index contributed by atoms with van der Waals surface area (Å²) in [6.07, 6.45) is 0. The van der Waals surface area contributed by atoms with E-state index in [1.54, 1.807) is 12.1 Å². The topological polar surface area (TPSA) is 66.5 Å². The van der Waals surface area contributed by atoms with Gasteiger partial charge in [0, 0.05) is 17.3 Å². The molecule has 3 aromatic rings. The van der Waals surface area contributed by atoms with Crippen LogP contribution in [-0.2, 0) is 21.4 Å². The van der Waals surface area contributed by atoms with Crippen LogP contribution in [0, 0.1) is 5.82 Å². The lowest BCUT2D eigenvalue weighted by atomic mass is 10.0. The summed E-state index contributed by atoms with van der Waals surface area (Å²) in [5.74, 6) is -0.555. The number of hydrogen-bond acceptors (Lipinski definition) is 3. The van der Waals surface area contributed by atoms with Crippen molar-refractivity contribution in [1.29, 1.82) is 0 Å². The van der Waals surface area contributed by atoms with Crippen molar-refractivity contribution >= 4 is 33.2 Å². The van der Waals surface area contributed by atoms with Crippen LogP contribution in [0.3, 0.4) is 0 Å². The minimum Gasteiger partial charge on any atom is -0.325 e. The molecular weight excluding hydrogens is 451 g/mol. The number of nitrogens with one attached hydrogen (secondary N) is 1. The molecule has 32 heavy (non-hydrogen) atoms. The summed E-state index contributed by atoms with van der Waals surface area (Å²) in [4.78, 5) is 12.7. The summed E-state index contributed by atoms with van der Waals surface area (Å²) >= 11 is 5.88. The van der Waals surface area contributed by atoms with Gasteiger partial charge in [-0.15, -0.1) is 0 Å². The number of halogens is 2. The summed E-state index contributed by atoms with van der Waals surface area (Å²) in [7, 11) is -4.01. The van der Waals surface area contributed by atoms with Gasteiger partial charge in [-0.1, -0.05) is 49.7 Å². The molecule has 168 valence electrons. The lowest BCUT2D eigenvalue weighted by molar-refractivity contribution is -0.116. The first-order chi connectivity index (χ1) is 15.1. The molecule has 0 spiro atoms. The summed E-state index contributed by atoms with van der Waals surface area (Å²) in [6.45, 7) is 3.64. The van der Waals surface area contributed by atoms with E-state index in [1.807, 2.05) is 12.1 Å². The van der Waals surface area contributed by atoms with Gasteiger partial charge in [0.05, 0.1) is 11.4 Å². The van der Waals surface area contributed by atoms with E-state index in [2.05, 4.69) is 19.2 Å². The van der Waals surface area contributed by atoms with E-state index in [0.717, 1.165) is 9.87 Å². The number of hydrogen-bond donors (Lipinski definition) is 1. The predicted molar refractivity (Wildman–Crippen MR) is 125 cm³/mol. The van der Waals surface area contributed by atoms with Gasteiger partial charge in [0.15, 0.2) is 0 Å². The van der Waals surface area contributed by atoms with Gasteiger partial charge in [-0.2, -0.15) is 4.31 Å². The van der Waals surface area contributed by atoms with Crippen LogP contribution in [0.15, 0.2) is 77.7 Å². The Labute approximate surface area is 192 Å². The molecule has 0 aromatic heterocycles. The molecule has 0 bridgehead atoms. The molecule has 0 unspecified atom stereocenters. The van der Waals surface area contributed by atoms with Crippen LogP contribution >= 0.6 is 11.6 Å². The highest BCUT2D eigenvalue weighted by atomic mass is 35.5. The van der Waals surface area contributed by atoms with Crippen LogP contribution < -0.4 is 5.32 Å². The van der Waals surface area contributed by atoms with Gasteiger partial charge in [-0.05, 0) is 65.6 Å². The Balaban J connectivity index is 1.83. The van der Waals surface area contributed by atoms with Crippen LogP contribution in [0.1, 0.15) is 30.9 Å². The molecule has 0 aliphatic rings. The quantitative estimate of drug-likeness (QED) is 0.473. The molecule has 8 heteroatoms. The third-order valence-electron chi connectivity index (χ3n) is 4.90. The minimum absolute atomic E-state index is 0.0121. The van der Waals surface area contributed by atoms with Crippen molar-refractivity contribution in [3.63, 3.8) is 0 Å². The monoisotopic (exact) mass is 474 g/mol. The molecule has 0 fully saturated rings. The molecule has 0 aliphatic heterocycles. The number of rotatable bonds is 8. The number of anilines is 1. The lowest BCUT2D eigenvalue weighted by Crippen LogP contribution is -2.37. The minimum atomic E-state index is -4.01. The Kier molecular flexibility index (Phi) is 7.66. The van der Waals surface area contributed by atoms with E-state index < -0.39 is 28.3 Å². The van der Waals surface area contributed by atoms with Crippen molar-refractivity contribution in [2.45, 2.75) is 31.2 Å². The Morgan fingerprint density at radius 2 is 1.56 bits per heavy atom. The standard InChI is InChI=1S/C24H24ClFN2O3S/c1-17(2)19-5-11-22(12-6-19)27-24(29)16-28(15-18-3-9-21(26)10-4-18)32(30,31)23-13-7-20(25)8-14-23/h3-14,17H,15-16H2,1-2H3,(H,27,29). The molecule has 0 radical (unpaired) electrons. The van der Waals surface area contributed by atoms with E-state index in [1.165, 1.54) is 48.5 Å². The average molecular weight is 475 g/mol. The van der Waals surface area contributed by atoms with Crippen LogP contribution in [0.5, 0.6) is 0 Å². The van der Waals surface area contributed by atoms with Gasteiger partial charge in [-0.25, -0.2) is 12.8 Å². The van der Waals surface area contributed by atoms with Crippen LogP contribution in [0.25, 0.3) is 0 Å². The SMILES string of the molecule is CC(C)c1ccc(NC(=O)CN(Cc2ccc(F)cc2)S(=O)(=O)c2ccc(Cl)cc2)cc1. The molecule has 0 aliphatic carbocycles. The van der Waals surface area contributed by atoms with Crippen molar-refractivity contribution in [3.05, 3.63) is 94.8 Å². The summed E-state index contributed by atoms with van der Waals surface area (Å²) in [6, 6.07) is 18.6. The van der Waals surface area contributed by atoms with Crippen molar-refractivity contribution < 1.29 is 17.6 Å². The number of benzene rings is 3. The fraction of sp³-hybridized carbons (Fsp3) is 0.208. The molecule has 0 atom stereocenters. The van der Waals surface area contributed by atoms with E-state index >= 15 is 0 Å². The van der Waals surface area contributed by atoms with Gasteiger partial charge in [0.25, 0.3) is 0 Å². The maximum atomic E-state index is 13.3. The maximum absolute atomic E-state index is 13.3. The van der Waals surface area contributed by atoms with E-state index in [4.69, 9.17) is 11.6 Å². The largest absolute Gasteiger partial charge is 0.325 e. The molecule has 1 amide bonds. The molecule has 0 heterocycles. The molecule has 1 N–H and O–H groups in total.